The highest BCUT2D eigenvalue weighted by molar-refractivity contribution is 6.30. The van der Waals surface area contributed by atoms with Crippen LogP contribution in [0.25, 0.3) is 0 Å². The number of β-amino-alcohol motifs (C(OH)–C–C–N with tert-alkyl or cyclic N) is 1. The molecular formula is C23H25ClN4O4. The molecule has 168 valence electrons. The minimum absolute atomic E-state index is 0.00987. The van der Waals surface area contributed by atoms with Crippen molar-refractivity contribution in [3.63, 3.8) is 0 Å². The van der Waals surface area contributed by atoms with Gasteiger partial charge in [-0.25, -0.2) is 4.79 Å². The largest absolute Gasteiger partial charge is 0.391 e. The Kier molecular flexibility index (Phi) is 6.62. The van der Waals surface area contributed by atoms with Crippen molar-refractivity contribution < 1.29 is 19.5 Å². The lowest BCUT2D eigenvalue weighted by atomic mass is 10.1. The van der Waals surface area contributed by atoms with E-state index in [4.69, 9.17) is 11.6 Å². The number of amides is 4. The fourth-order valence-electron chi connectivity index (χ4n) is 4.04. The van der Waals surface area contributed by atoms with E-state index in [1.165, 1.54) is 4.90 Å². The smallest absolute Gasteiger partial charge is 0.322 e. The Labute approximate surface area is 191 Å². The molecule has 0 unspecified atom stereocenters. The second kappa shape index (κ2) is 9.58. The number of hydrogen-bond acceptors (Lipinski definition) is 4. The van der Waals surface area contributed by atoms with Crippen molar-refractivity contribution in [3.05, 3.63) is 59.1 Å². The van der Waals surface area contributed by atoms with Crippen LogP contribution in [0.3, 0.4) is 0 Å². The van der Waals surface area contributed by atoms with Gasteiger partial charge in [0.2, 0.25) is 5.91 Å². The van der Waals surface area contributed by atoms with E-state index >= 15 is 0 Å². The Morgan fingerprint density at radius 3 is 2.16 bits per heavy atom. The number of urea groups is 1. The van der Waals surface area contributed by atoms with Crippen LogP contribution in [0.2, 0.25) is 5.02 Å². The van der Waals surface area contributed by atoms with Crippen LogP contribution in [-0.4, -0.2) is 64.5 Å². The molecule has 2 aromatic carbocycles. The molecule has 2 aromatic rings. The van der Waals surface area contributed by atoms with Crippen LogP contribution < -0.4 is 10.6 Å². The Balaban J connectivity index is 1.39. The summed E-state index contributed by atoms with van der Waals surface area (Å²) in [6.45, 7) is 1.60. The van der Waals surface area contributed by atoms with E-state index in [-0.39, 0.29) is 18.9 Å². The summed E-state index contributed by atoms with van der Waals surface area (Å²) in [6, 6.07) is 12.0. The number of likely N-dealkylation sites (tertiary alicyclic amines) is 2. The van der Waals surface area contributed by atoms with Gasteiger partial charge in [-0.05, 0) is 61.4 Å². The van der Waals surface area contributed by atoms with Crippen molar-refractivity contribution in [2.75, 3.05) is 30.3 Å². The fourth-order valence-corrected chi connectivity index (χ4v) is 4.17. The van der Waals surface area contributed by atoms with E-state index in [2.05, 4.69) is 10.6 Å². The summed E-state index contributed by atoms with van der Waals surface area (Å²) in [5.41, 5.74) is 1.63. The van der Waals surface area contributed by atoms with Gasteiger partial charge in [0.1, 0.15) is 6.04 Å². The minimum atomic E-state index is -0.816. The quantitative estimate of drug-likeness (QED) is 0.657. The third-order valence-corrected chi connectivity index (χ3v) is 5.98. The number of aliphatic hydroxyl groups is 1. The van der Waals surface area contributed by atoms with Gasteiger partial charge in [-0.15, -0.1) is 0 Å². The van der Waals surface area contributed by atoms with Gasteiger partial charge in [0.15, 0.2) is 0 Å². The third kappa shape index (κ3) is 5.03. The fraction of sp³-hybridized carbons (Fsp3) is 0.348. The van der Waals surface area contributed by atoms with E-state index in [0.717, 1.165) is 25.9 Å². The maximum atomic E-state index is 12.9. The van der Waals surface area contributed by atoms with Gasteiger partial charge in [-0.3, -0.25) is 9.59 Å². The lowest BCUT2D eigenvalue weighted by Gasteiger charge is -2.24. The highest BCUT2D eigenvalue weighted by Gasteiger charge is 2.39. The zero-order valence-corrected chi connectivity index (χ0v) is 18.2. The molecule has 0 radical (unpaired) electrons. The predicted octanol–water partition coefficient (Wildman–Crippen LogP) is 3.18. The first-order valence-corrected chi connectivity index (χ1v) is 11.0. The van der Waals surface area contributed by atoms with E-state index < -0.39 is 24.1 Å². The summed E-state index contributed by atoms with van der Waals surface area (Å²) < 4.78 is 0. The van der Waals surface area contributed by atoms with E-state index in [1.807, 2.05) is 4.90 Å². The molecule has 0 aliphatic carbocycles. The van der Waals surface area contributed by atoms with Crippen molar-refractivity contribution in [2.24, 2.45) is 0 Å². The highest BCUT2D eigenvalue weighted by atomic mass is 35.5. The number of carbonyl (C=O) groups is 3. The molecule has 2 saturated heterocycles. The van der Waals surface area contributed by atoms with Crippen LogP contribution in [0.5, 0.6) is 0 Å². The molecule has 0 bridgehead atoms. The normalized spacial score (nSPS) is 20.3. The summed E-state index contributed by atoms with van der Waals surface area (Å²) in [7, 11) is 0. The molecule has 0 saturated carbocycles. The standard InChI is InChI=1S/C23H25ClN4O4/c24-16-5-9-18(10-6-16)26-23(32)28-14-19(29)13-20(28)21(30)25-17-7-3-15(4-8-17)22(31)27-11-1-2-12-27/h3-10,19-20,29H,1-2,11-14H2,(H,25,30)(H,26,32)/t19-,20-/m1/s1. The molecule has 3 N–H and O–H groups in total. The van der Waals surface area contributed by atoms with Crippen molar-refractivity contribution >= 4 is 40.8 Å². The van der Waals surface area contributed by atoms with Crippen LogP contribution in [0.15, 0.2) is 48.5 Å². The summed E-state index contributed by atoms with van der Waals surface area (Å²) >= 11 is 5.87. The van der Waals surface area contributed by atoms with Gasteiger partial charge in [0.25, 0.3) is 5.91 Å². The van der Waals surface area contributed by atoms with Gasteiger partial charge < -0.3 is 25.5 Å². The Morgan fingerprint density at radius 1 is 0.906 bits per heavy atom. The molecule has 2 aliphatic heterocycles. The van der Waals surface area contributed by atoms with Crippen molar-refractivity contribution in [3.8, 4) is 0 Å². The topological polar surface area (TPSA) is 102 Å². The van der Waals surface area contributed by atoms with Crippen molar-refractivity contribution in [2.45, 2.75) is 31.4 Å². The molecule has 2 aliphatic rings. The van der Waals surface area contributed by atoms with Crippen LogP contribution in [0.4, 0.5) is 16.2 Å². The van der Waals surface area contributed by atoms with Crippen LogP contribution >= 0.6 is 11.6 Å². The Hall–Kier alpha value is -3.10. The number of nitrogens with zero attached hydrogens (tertiary/aromatic N) is 2. The Morgan fingerprint density at radius 2 is 1.50 bits per heavy atom. The van der Waals surface area contributed by atoms with E-state index in [0.29, 0.717) is 22.0 Å². The Bertz CT molecular complexity index is 990. The molecule has 32 heavy (non-hydrogen) atoms. The molecule has 9 heteroatoms. The molecule has 4 amide bonds. The molecule has 0 aromatic heterocycles. The molecule has 2 atom stereocenters. The molecule has 4 rings (SSSR count). The second-order valence-electron chi connectivity index (χ2n) is 8.06. The zero-order valence-electron chi connectivity index (χ0n) is 17.5. The summed E-state index contributed by atoms with van der Waals surface area (Å²) in [5.74, 6) is -0.407. The van der Waals surface area contributed by atoms with Crippen LogP contribution in [0, 0.1) is 0 Å². The summed E-state index contributed by atoms with van der Waals surface area (Å²) in [4.78, 5) is 41.2. The number of carbonyl (C=O) groups excluding carboxylic acids is 3. The number of halogens is 1. The van der Waals surface area contributed by atoms with Crippen molar-refractivity contribution in [1.82, 2.24) is 9.80 Å². The van der Waals surface area contributed by atoms with E-state index in [1.54, 1.807) is 48.5 Å². The van der Waals surface area contributed by atoms with Gasteiger partial charge in [0.05, 0.1) is 6.10 Å². The first-order valence-electron chi connectivity index (χ1n) is 10.6. The number of anilines is 2. The van der Waals surface area contributed by atoms with Gasteiger partial charge in [-0.1, -0.05) is 11.6 Å². The number of rotatable bonds is 4. The van der Waals surface area contributed by atoms with E-state index in [9.17, 15) is 19.5 Å². The molecule has 2 heterocycles. The predicted molar refractivity (Wildman–Crippen MR) is 122 cm³/mol. The van der Waals surface area contributed by atoms with Gasteiger partial charge in [0, 0.05) is 48.0 Å². The first kappa shape index (κ1) is 22.1. The number of aliphatic hydroxyl groups excluding tert-OH is 1. The molecule has 2 fully saturated rings. The highest BCUT2D eigenvalue weighted by Crippen LogP contribution is 2.23. The molecular weight excluding hydrogens is 432 g/mol. The zero-order chi connectivity index (χ0) is 22.7. The maximum absolute atomic E-state index is 12.9. The van der Waals surface area contributed by atoms with Crippen LogP contribution in [-0.2, 0) is 4.79 Å². The average Bonchev–Trinajstić information content (AvgIpc) is 3.45. The average molecular weight is 457 g/mol. The number of hydrogen-bond donors (Lipinski definition) is 3. The third-order valence-electron chi connectivity index (χ3n) is 5.73. The maximum Gasteiger partial charge on any atom is 0.322 e. The minimum Gasteiger partial charge on any atom is -0.391 e. The lowest BCUT2D eigenvalue weighted by Crippen LogP contribution is -2.45. The van der Waals surface area contributed by atoms with Gasteiger partial charge >= 0.3 is 6.03 Å². The monoisotopic (exact) mass is 456 g/mol. The SMILES string of the molecule is O=C(Nc1ccc(C(=O)N2CCCC2)cc1)[C@H]1C[C@@H](O)CN1C(=O)Nc1ccc(Cl)cc1. The van der Waals surface area contributed by atoms with Crippen molar-refractivity contribution in [1.29, 1.82) is 0 Å². The number of benzene rings is 2. The molecule has 8 nitrogen and oxygen atoms in total. The van der Waals surface area contributed by atoms with Gasteiger partial charge in [-0.2, -0.15) is 0 Å². The summed E-state index contributed by atoms with van der Waals surface area (Å²) in [6.07, 6.45) is 1.40. The lowest BCUT2D eigenvalue weighted by molar-refractivity contribution is -0.119. The first-order chi connectivity index (χ1) is 15.4. The summed E-state index contributed by atoms with van der Waals surface area (Å²) in [5, 5.41) is 16.1. The molecule has 0 spiro atoms. The second-order valence-corrected chi connectivity index (χ2v) is 8.50. The number of nitrogens with one attached hydrogen (secondary N) is 2. The van der Waals surface area contributed by atoms with Crippen LogP contribution in [0.1, 0.15) is 29.6 Å².